The highest BCUT2D eigenvalue weighted by molar-refractivity contribution is 14.0. The predicted octanol–water partition coefficient (Wildman–Crippen LogP) is 3.67. The van der Waals surface area contributed by atoms with Crippen LogP contribution < -0.4 is 20.3 Å². The van der Waals surface area contributed by atoms with Gasteiger partial charge in [-0.1, -0.05) is 30.3 Å². The lowest BCUT2D eigenvalue weighted by molar-refractivity contribution is 0.122. The van der Waals surface area contributed by atoms with Crippen LogP contribution in [0.1, 0.15) is 18.9 Å². The number of guanidine groups is 1. The van der Waals surface area contributed by atoms with Gasteiger partial charge in [-0.05, 0) is 43.2 Å². The second kappa shape index (κ2) is 14.1. The molecule has 0 saturated carbocycles. The summed E-state index contributed by atoms with van der Waals surface area (Å²) in [6, 6.07) is 18.6. The smallest absolute Gasteiger partial charge is 0.191 e. The van der Waals surface area contributed by atoms with Crippen molar-refractivity contribution in [2.24, 2.45) is 4.99 Å². The minimum Gasteiger partial charge on any atom is -0.494 e. The number of nitrogens with zero attached hydrogens (tertiary/aromatic N) is 2. The van der Waals surface area contributed by atoms with Gasteiger partial charge in [0.25, 0.3) is 0 Å². The van der Waals surface area contributed by atoms with Crippen LogP contribution in [0.25, 0.3) is 0 Å². The molecule has 7 heteroatoms. The van der Waals surface area contributed by atoms with Gasteiger partial charge in [-0.2, -0.15) is 0 Å². The van der Waals surface area contributed by atoms with Gasteiger partial charge < -0.3 is 25.0 Å². The van der Waals surface area contributed by atoms with Crippen LogP contribution in [0, 0.1) is 0 Å². The maximum absolute atomic E-state index is 5.73. The molecular formula is C23H33IN4O2. The lowest BCUT2D eigenvalue weighted by Crippen LogP contribution is -2.38. The SMILES string of the molecule is CCNC(=NCc1ccc(N2CCOCC2)cc1)NCCCOc1ccccc1.I. The van der Waals surface area contributed by atoms with E-state index in [1.165, 1.54) is 11.3 Å². The second-order valence-electron chi connectivity index (χ2n) is 6.90. The Labute approximate surface area is 197 Å². The average molecular weight is 524 g/mol. The number of aliphatic imine (C=N–C) groups is 1. The first-order valence-electron chi connectivity index (χ1n) is 10.5. The quantitative estimate of drug-likeness (QED) is 0.227. The molecule has 2 N–H and O–H groups in total. The Morgan fingerprint density at radius 1 is 1.03 bits per heavy atom. The molecule has 30 heavy (non-hydrogen) atoms. The Morgan fingerprint density at radius 3 is 2.47 bits per heavy atom. The van der Waals surface area contributed by atoms with Crippen LogP contribution in [0.5, 0.6) is 5.75 Å². The van der Waals surface area contributed by atoms with E-state index in [9.17, 15) is 0 Å². The maximum atomic E-state index is 5.73. The van der Waals surface area contributed by atoms with E-state index >= 15 is 0 Å². The number of nitrogens with one attached hydrogen (secondary N) is 2. The van der Waals surface area contributed by atoms with Gasteiger partial charge in [0, 0.05) is 31.9 Å². The lowest BCUT2D eigenvalue weighted by atomic mass is 10.2. The predicted molar refractivity (Wildman–Crippen MR) is 134 cm³/mol. The standard InChI is InChI=1S/C23H32N4O2.HI/c1-2-24-23(25-13-6-16-29-22-7-4-3-5-8-22)26-19-20-9-11-21(12-10-20)27-14-17-28-18-15-27;/h3-5,7-12H,2,6,13-19H2,1H3,(H2,24,25,26);1H. The summed E-state index contributed by atoms with van der Waals surface area (Å²) in [6.07, 6.45) is 0.910. The summed E-state index contributed by atoms with van der Waals surface area (Å²) in [7, 11) is 0. The topological polar surface area (TPSA) is 58.1 Å². The molecule has 0 aliphatic carbocycles. The minimum absolute atomic E-state index is 0. The van der Waals surface area contributed by atoms with E-state index in [4.69, 9.17) is 14.5 Å². The van der Waals surface area contributed by atoms with Crippen molar-refractivity contribution in [3.63, 3.8) is 0 Å². The molecule has 3 rings (SSSR count). The van der Waals surface area contributed by atoms with Crippen LogP contribution in [0.3, 0.4) is 0 Å². The monoisotopic (exact) mass is 524 g/mol. The zero-order valence-electron chi connectivity index (χ0n) is 17.7. The van der Waals surface area contributed by atoms with Crippen LogP contribution in [0.4, 0.5) is 5.69 Å². The van der Waals surface area contributed by atoms with Crippen molar-refractivity contribution >= 4 is 35.6 Å². The number of hydrogen-bond donors (Lipinski definition) is 2. The van der Waals surface area contributed by atoms with E-state index in [0.717, 1.165) is 57.5 Å². The van der Waals surface area contributed by atoms with Crippen molar-refractivity contribution in [3.05, 3.63) is 60.2 Å². The summed E-state index contributed by atoms with van der Waals surface area (Å²) in [6.45, 7) is 8.59. The number of ether oxygens (including phenoxy) is 2. The molecule has 0 radical (unpaired) electrons. The van der Waals surface area contributed by atoms with Crippen molar-refractivity contribution in [3.8, 4) is 5.75 Å². The molecule has 1 aliphatic rings. The van der Waals surface area contributed by atoms with Crippen molar-refractivity contribution < 1.29 is 9.47 Å². The maximum Gasteiger partial charge on any atom is 0.191 e. The highest BCUT2D eigenvalue weighted by Gasteiger charge is 2.10. The Morgan fingerprint density at radius 2 is 1.77 bits per heavy atom. The number of benzene rings is 2. The van der Waals surface area contributed by atoms with Crippen molar-refractivity contribution in [2.75, 3.05) is 50.9 Å². The van der Waals surface area contributed by atoms with E-state index in [1.54, 1.807) is 0 Å². The van der Waals surface area contributed by atoms with Crippen molar-refractivity contribution in [1.29, 1.82) is 0 Å². The van der Waals surface area contributed by atoms with Gasteiger partial charge in [0.15, 0.2) is 5.96 Å². The molecule has 0 spiro atoms. The van der Waals surface area contributed by atoms with Crippen LogP contribution in [0.2, 0.25) is 0 Å². The molecule has 0 aromatic heterocycles. The summed E-state index contributed by atoms with van der Waals surface area (Å²) in [5, 5.41) is 6.68. The van der Waals surface area contributed by atoms with Crippen LogP contribution in [0.15, 0.2) is 59.6 Å². The van der Waals surface area contributed by atoms with Crippen LogP contribution in [-0.4, -0.2) is 52.0 Å². The molecule has 2 aromatic rings. The normalized spacial score (nSPS) is 14.0. The third kappa shape index (κ3) is 8.39. The van der Waals surface area contributed by atoms with Crippen LogP contribution in [-0.2, 0) is 11.3 Å². The van der Waals surface area contributed by atoms with E-state index in [1.807, 2.05) is 30.3 Å². The first-order chi connectivity index (χ1) is 14.3. The van der Waals surface area contributed by atoms with Gasteiger partial charge >= 0.3 is 0 Å². The molecular weight excluding hydrogens is 491 g/mol. The molecule has 0 bridgehead atoms. The summed E-state index contributed by atoms with van der Waals surface area (Å²) >= 11 is 0. The summed E-state index contributed by atoms with van der Waals surface area (Å²) in [5.41, 5.74) is 2.45. The number of rotatable bonds is 9. The number of anilines is 1. The lowest BCUT2D eigenvalue weighted by Gasteiger charge is -2.28. The average Bonchev–Trinajstić information content (AvgIpc) is 2.79. The molecule has 1 saturated heterocycles. The van der Waals surface area contributed by atoms with Gasteiger partial charge in [0.2, 0.25) is 0 Å². The van der Waals surface area contributed by atoms with Crippen molar-refractivity contribution in [1.82, 2.24) is 10.6 Å². The molecule has 0 unspecified atom stereocenters. The highest BCUT2D eigenvalue weighted by Crippen LogP contribution is 2.17. The Kier molecular flexibility index (Phi) is 11.4. The van der Waals surface area contributed by atoms with Gasteiger partial charge in [0.1, 0.15) is 5.75 Å². The Balaban J connectivity index is 0.00000320. The van der Waals surface area contributed by atoms with E-state index in [0.29, 0.717) is 13.2 Å². The van der Waals surface area contributed by atoms with Crippen molar-refractivity contribution in [2.45, 2.75) is 19.9 Å². The Hall–Kier alpha value is -2.00. The second-order valence-corrected chi connectivity index (χ2v) is 6.90. The van der Waals surface area contributed by atoms with Gasteiger partial charge in [0.05, 0.1) is 26.4 Å². The van der Waals surface area contributed by atoms with Crippen LogP contribution >= 0.6 is 24.0 Å². The van der Waals surface area contributed by atoms with Gasteiger partial charge in [-0.3, -0.25) is 0 Å². The Bertz CT molecular complexity index is 735. The zero-order valence-corrected chi connectivity index (χ0v) is 20.0. The van der Waals surface area contributed by atoms with E-state index < -0.39 is 0 Å². The number of halogens is 1. The molecule has 164 valence electrons. The summed E-state index contributed by atoms with van der Waals surface area (Å²) in [4.78, 5) is 7.06. The largest absolute Gasteiger partial charge is 0.494 e. The zero-order chi connectivity index (χ0) is 20.2. The fourth-order valence-electron chi connectivity index (χ4n) is 3.13. The first-order valence-corrected chi connectivity index (χ1v) is 10.5. The number of para-hydroxylation sites is 1. The fraction of sp³-hybridized carbons (Fsp3) is 0.435. The summed E-state index contributed by atoms with van der Waals surface area (Å²) in [5.74, 6) is 1.75. The van der Waals surface area contributed by atoms with Gasteiger partial charge in [-0.15, -0.1) is 24.0 Å². The summed E-state index contributed by atoms with van der Waals surface area (Å²) < 4.78 is 11.1. The fourth-order valence-corrected chi connectivity index (χ4v) is 3.13. The minimum atomic E-state index is 0. The molecule has 1 heterocycles. The molecule has 2 aromatic carbocycles. The van der Waals surface area contributed by atoms with E-state index in [-0.39, 0.29) is 24.0 Å². The molecule has 6 nitrogen and oxygen atoms in total. The first kappa shape index (κ1) is 24.3. The van der Waals surface area contributed by atoms with Gasteiger partial charge in [-0.25, -0.2) is 4.99 Å². The third-order valence-electron chi connectivity index (χ3n) is 4.70. The number of morpholine rings is 1. The number of hydrogen-bond acceptors (Lipinski definition) is 4. The third-order valence-corrected chi connectivity index (χ3v) is 4.70. The molecule has 0 atom stereocenters. The highest BCUT2D eigenvalue weighted by atomic mass is 127. The van der Waals surface area contributed by atoms with E-state index in [2.05, 4.69) is 46.7 Å². The molecule has 1 aliphatic heterocycles. The molecule has 1 fully saturated rings. The molecule has 0 amide bonds.